The SMILES string of the molecule is CC(=O)Oc1cc(OC(C)=O)c(O)cc1O. The van der Waals surface area contributed by atoms with Crippen LogP contribution in [-0.4, -0.2) is 22.2 Å². The summed E-state index contributed by atoms with van der Waals surface area (Å²) in [6.07, 6.45) is 0. The Labute approximate surface area is 91.0 Å². The molecule has 0 aromatic heterocycles. The lowest BCUT2D eigenvalue weighted by Gasteiger charge is -2.08. The van der Waals surface area contributed by atoms with Gasteiger partial charge in [-0.2, -0.15) is 0 Å². The van der Waals surface area contributed by atoms with E-state index in [2.05, 4.69) is 9.47 Å². The molecule has 0 aliphatic rings. The summed E-state index contributed by atoms with van der Waals surface area (Å²) in [5.41, 5.74) is 0. The quantitative estimate of drug-likeness (QED) is 0.576. The fourth-order valence-electron chi connectivity index (χ4n) is 1.01. The summed E-state index contributed by atoms with van der Waals surface area (Å²) in [6.45, 7) is 2.30. The lowest BCUT2D eigenvalue weighted by molar-refractivity contribution is -0.132. The Balaban J connectivity index is 3.10. The van der Waals surface area contributed by atoms with E-state index >= 15 is 0 Å². The van der Waals surface area contributed by atoms with Gasteiger partial charge < -0.3 is 19.7 Å². The zero-order valence-corrected chi connectivity index (χ0v) is 8.68. The third-order valence-electron chi connectivity index (χ3n) is 1.55. The summed E-state index contributed by atoms with van der Waals surface area (Å²) in [5.74, 6) is -2.53. The van der Waals surface area contributed by atoms with Gasteiger partial charge in [-0.3, -0.25) is 9.59 Å². The number of benzene rings is 1. The number of aromatic hydroxyl groups is 2. The monoisotopic (exact) mass is 226 g/mol. The normalized spacial score (nSPS) is 9.62. The van der Waals surface area contributed by atoms with E-state index in [9.17, 15) is 19.8 Å². The summed E-state index contributed by atoms with van der Waals surface area (Å²) < 4.78 is 9.26. The molecule has 6 nitrogen and oxygen atoms in total. The predicted molar refractivity (Wildman–Crippen MR) is 52.4 cm³/mol. The number of hydrogen-bond acceptors (Lipinski definition) is 6. The second-order valence-corrected chi connectivity index (χ2v) is 2.97. The third kappa shape index (κ3) is 2.88. The molecule has 1 rings (SSSR count). The molecule has 2 N–H and O–H groups in total. The number of ether oxygens (including phenoxy) is 2. The van der Waals surface area contributed by atoms with Gasteiger partial charge in [-0.1, -0.05) is 0 Å². The fraction of sp³-hybridized carbons (Fsp3) is 0.200. The molecule has 0 radical (unpaired) electrons. The van der Waals surface area contributed by atoms with Crippen molar-refractivity contribution in [1.82, 2.24) is 0 Å². The van der Waals surface area contributed by atoms with Gasteiger partial charge in [0.2, 0.25) is 0 Å². The Kier molecular flexibility index (Phi) is 3.34. The molecular weight excluding hydrogens is 216 g/mol. The van der Waals surface area contributed by atoms with Crippen molar-refractivity contribution in [3.8, 4) is 23.0 Å². The lowest BCUT2D eigenvalue weighted by atomic mass is 10.2. The Morgan fingerprint density at radius 3 is 1.62 bits per heavy atom. The van der Waals surface area contributed by atoms with Gasteiger partial charge in [0.25, 0.3) is 0 Å². The zero-order chi connectivity index (χ0) is 12.3. The van der Waals surface area contributed by atoms with Crippen LogP contribution in [-0.2, 0) is 9.59 Å². The van der Waals surface area contributed by atoms with Crippen molar-refractivity contribution in [2.24, 2.45) is 0 Å². The van der Waals surface area contributed by atoms with Crippen molar-refractivity contribution in [2.45, 2.75) is 13.8 Å². The molecule has 6 heteroatoms. The average molecular weight is 226 g/mol. The summed E-state index contributed by atoms with van der Waals surface area (Å²) in [7, 11) is 0. The van der Waals surface area contributed by atoms with Crippen LogP contribution in [0.5, 0.6) is 23.0 Å². The first-order valence-corrected chi connectivity index (χ1v) is 4.33. The van der Waals surface area contributed by atoms with Gasteiger partial charge in [-0.05, 0) is 0 Å². The number of phenols is 2. The van der Waals surface area contributed by atoms with Crippen LogP contribution in [0.3, 0.4) is 0 Å². The van der Waals surface area contributed by atoms with E-state index in [1.54, 1.807) is 0 Å². The first-order chi connectivity index (χ1) is 7.40. The maximum Gasteiger partial charge on any atom is 0.308 e. The molecule has 0 unspecified atom stereocenters. The molecule has 1 aromatic carbocycles. The second-order valence-electron chi connectivity index (χ2n) is 2.97. The highest BCUT2D eigenvalue weighted by atomic mass is 16.6. The van der Waals surface area contributed by atoms with Gasteiger partial charge in [0.1, 0.15) is 0 Å². The van der Waals surface area contributed by atoms with Gasteiger partial charge in [0.15, 0.2) is 23.0 Å². The van der Waals surface area contributed by atoms with E-state index in [0.29, 0.717) is 0 Å². The second kappa shape index (κ2) is 4.52. The maximum absolute atomic E-state index is 10.7. The van der Waals surface area contributed by atoms with Crippen molar-refractivity contribution in [2.75, 3.05) is 0 Å². The largest absolute Gasteiger partial charge is 0.504 e. The third-order valence-corrected chi connectivity index (χ3v) is 1.55. The van der Waals surface area contributed by atoms with Crippen LogP contribution in [0.15, 0.2) is 12.1 Å². The predicted octanol–water partition coefficient (Wildman–Crippen LogP) is 0.948. The van der Waals surface area contributed by atoms with Gasteiger partial charge in [0.05, 0.1) is 0 Å². The molecule has 0 spiro atoms. The Morgan fingerprint density at radius 2 is 1.31 bits per heavy atom. The standard InChI is InChI=1S/C10H10O6/c1-5(11)15-9-4-10(16-6(2)12)8(14)3-7(9)13/h3-4,13-14H,1-2H3. The number of carbonyl (C=O) groups excluding carboxylic acids is 2. The van der Waals surface area contributed by atoms with Crippen LogP contribution in [0.1, 0.15) is 13.8 Å². The zero-order valence-electron chi connectivity index (χ0n) is 8.68. The van der Waals surface area contributed by atoms with Crippen molar-refractivity contribution in [3.05, 3.63) is 12.1 Å². The Morgan fingerprint density at radius 1 is 0.938 bits per heavy atom. The fourth-order valence-corrected chi connectivity index (χ4v) is 1.01. The molecule has 0 heterocycles. The van der Waals surface area contributed by atoms with E-state index in [1.807, 2.05) is 0 Å². The van der Waals surface area contributed by atoms with E-state index in [1.165, 1.54) is 0 Å². The first-order valence-electron chi connectivity index (χ1n) is 4.33. The highest BCUT2D eigenvalue weighted by Crippen LogP contribution is 2.38. The number of phenolic OH excluding ortho intramolecular Hbond substituents is 2. The van der Waals surface area contributed by atoms with Crippen molar-refractivity contribution < 1.29 is 29.3 Å². The molecule has 0 saturated carbocycles. The molecular formula is C10H10O6. The van der Waals surface area contributed by atoms with Crippen LogP contribution >= 0.6 is 0 Å². The smallest absolute Gasteiger partial charge is 0.308 e. The minimum atomic E-state index is -0.644. The van der Waals surface area contributed by atoms with Gasteiger partial charge in [0, 0.05) is 26.0 Å². The van der Waals surface area contributed by atoms with Crippen LogP contribution in [0, 0.1) is 0 Å². The number of hydrogen-bond donors (Lipinski definition) is 2. The minimum Gasteiger partial charge on any atom is -0.504 e. The van der Waals surface area contributed by atoms with Crippen molar-refractivity contribution in [1.29, 1.82) is 0 Å². The summed E-state index contributed by atoms with van der Waals surface area (Å²) >= 11 is 0. The van der Waals surface area contributed by atoms with Crippen molar-refractivity contribution >= 4 is 11.9 Å². The van der Waals surface area contributed by atoms with Crippen LogP contribution in [0.4, 0.5) is 0 Å². The first kappa shape index (κ1) is 11.8. The highest BCUT2D eigenvalue weighted by Gasteiger charge is 2.13. The van der Waals surface area contributed by atoms with E-state index in [0.717, 1.165) is 26.0 Å². The summed E-state index contributed by atoms with van der Waals surface area (Å²) in [5, 5.41) is 18.6. The molecule has 0 atom stereocenters. The van der Waals surface area contributed by atoms with Gasteiger partial charge >= 0.3 is 11.9 Å². The molecule has 1 aromatic rings. The van der Waals surface area contributed by atoms with Crippen molar-refractivity contribution in [3.63, 3.8) is 0 Å². The molecule has 0 saturated heterocycles. The highest BCUT2D eigenvalue weighted by molar-refractivity contribution is 5.73. The summed E-state index contributed by atoms with van der Waals surface area (Å²) in [4.78, 5) is 21.4. The minimum absolute atomic E-state index is 0.193. The van der Waals surface area contributed by atoms with Gasteiger partial charge in [-0.15, -0.1) is 0 Å². The number of carbonyl (C=O) groups is 2. The van der Waals surface area contributed by atoms with E-state index in [-0.39, 0.29) is 11.5 Å². The Hall–Kier alpha value is -2.24. The van der Waals surface area contributed by atoms with E-state index in [4.69, 9.17) is 0 Å². The number of rotatable bonds is 2. The molecule has 86 valence electrons. The maximum atomic E-state index is 10.7. The molecule has 0 amide bonds. The van der Waals surface area contributed by atoms with Gasteiger partial charge in [-0.25, -0.2) is 0 Å². The van der Waals surface area contributed by atoms with Crippen LogP contribution in [0.2, 0.25) is 0 Å². The molecule has 16 heavy (non-hydrogen) atoms. The van der Waals surface area contributed by atoms with E-state index < -0.39 is 23.4 Å². The topological polar surface area (TPSA) is 93.1 Å². The number of esters is 2. The molecule has 0 aliphatic heterocycles. The average Bonchev–Trinajstić information content (AvgIpc) is 2.11. The molecule has 0 aliphatic carbocycles. The summed E-state index contributed by atoms with van der Waals surface area (Å²) in [6, 6.07) is 1.96. The van der Waals surface area contributed by atoms with Crippen LogP contribution in [0.25, 0.3) is 0 Å². The lowest BCUT2D eigenvalue weighted by Crippen LogP contribution is -2.04. The molecule has 0 bridgehead atoms. The van der Waals surface area contributed by atoms with Crippen LogP contribution < -0.4 is 9.47 Å². The Bertz CT molecular complexity index is 400. The molecule has 0 fully saturated rings.